The first kappa shape index (κ1) is 18.6. The smallest absolute Gasteiger partial charge is 0.251 e. The van der Waals surface area contributed by atoms with Crippen molar-refractivity contribution in [1.29, 1.82) is 0 Å². The topological polar surface area (TPSA) is 80.3 Å². The SMILES string of the molecule is COCC(C)NC(=O)c1ccc(-c2ccc(CNC(C)=O)cn2)cc1. The van der Waals surface area contributed by atoms with Crippen LogP contribution >= 0.6 is 0 Å². The zero-order chi connectivity index (χ0) is 18.2. The van der Waals surface area contributed by atoms with E-state index in [1.165, 1.54) is 6.92 Å². The molecule has 6 heteroatoms. The van der Waals surface area contributed by atoms with Crippen LogP contribution in [0.4, 0.5) is 0 Å². The number of pyridine rings is 1. The minimum absolute atomic E-state index is 0.0463. The van der Waals surface area contributed by atoms with Crippen molar-refractivity contribution in [3.05, 3.63) is 53.7 Å². The summed E-state index contributed by atoms with van der Waals surface area (Å²) in [6.07, 6.45) is 1.73. The van der Waals surface area contributed by atoms with Crippen LogP contribution < -0.4 is 10.6 Å². The Hall–Kier alpha value is -2.73. The molecule has 2 amide bonds. The Morgan fingerprint density at radius 2 is 1.88 bits per heavy atom. The van der Waals surface area contributed by atoms with Crippen molar-refractivity contribution < 1.29 is 14.3 Å². The predicted molar refractivity (Wildman–Crippen MR) is 96.0 cm³/mol. The van der Waals surface area contributed by atoms with E-state index in [1.807, 2.05) is 31.2 Å². The molecule has 1 atom stereocenters. The maximum Gasteiger partial charge on any atom is 0.251 e. The molecule has 1 unspecified atom stereocenters. The van der Waals surface area contributed by atoms with Crippen molar-refractivity contribution in [2.75, 3.05) is 13.7 Å². The molecule has 0 radical (unpaired) electrons. The lowest BCUT2D eigenvalue weighted by Crippen LogP contribution is -2.35. The molecule has 2 rings (SSSR count). The van der Waals surface area contributed by atoms with E-state index in [9.17, 15) is 9.59 Å². The fourth-order valence-electron chi connectivity index (χ4n) is 2.32. The quantitative estimate of drug-likeness (QED) is 0.809. The summed E-state index contributed by atoms with van der Waals surface area (Å²) in [6, 6.07) is 11.1. The van der Waals surface area contributed by atoms with Crippen molar-refractivity contribution >= 4 is 11.8 Å². The number of nitrogens with one attached hydrogen (secondary N) is 2. The zero-order valence-corrected chi connectivity index (χ0v) is 14.7. The number of carbonyl (C=O) groups excluding carboxylic acids is 2. The molecule has 0 bridgehead atoms. The number of rotatable bonds is 7. The van der Waals surface area contributed by atoms with E-state index in [0.29, 0.717) is 18.7 Å². The molecule has 0 saturated heterocycles. The highest BCUT2D eigenvalue weighted by Gasteiger charge is 2.10. The van der Waals surface area contributed by atoms with Gasteiger partial charge in [-0.15, -0.1) is 0 Å². The zero-order valence-electron chi connectivity index (χ0n) is 14.7. The maximum atomic E-state index is 12.1. The molecular weight excluding hydrogens is 318 g/mol. The summed E-state index contributed by atoms with van der Waals surface area (Å²) in [5.74, 6) is -0.201. The number of methoxy groups -OCH3 is 1. The highest BCUT2D eigenvalue weighted by atomic mass is 16.5. The molecular formula is C19H23N3O3. The van der Waals surface area contributed by atoms with Gasteiger partial charge in [-0.2, -0.15) is 0 Å². The van der Waals surface area contributed by atoms with Gasteiger partial charge in [0.2, 0.25) is 5.91 Å². The van der Waals surface area contributed by atoms with Crippen molar-refractivity contribution in [1.82, 2.24) is 15.6 Å². The summed E-state index contributed by atoms with van der Waals surface area (Å²) in [5, 5.41) is 5.61. The molecule has 1 aromatic heterocycles. The fourth-order valence-corrected chi connectivity index (χ4v) is 2.32. The Bertz CT molecular complexity index is 712. The Morgan fingerprint density at radius 3 is 2.44 bits per heavy atom. The first-order valence-electron chi connectivity index (χ1n) is 8.09. The van der Waals surface area contributed by atoms with Gasteiger partial charge in [0.15, 0.2) is 0 Å². The van der Waals surface area contributed by atoms with E-state index in [1.54, 1.807) is 25.4 Å². The number of carbonyl (C=O) groups is 2. The standard InChI is InChI=1S/C19H23N3O3/c1-13(12-25-3)22-19(24)17-7-5-16(6-8-17)18-9-4-15(11-21-18)10-20-14(2)23/h4-9,11,13H,10,12H2,1-3H3,(H,20,23)(H,22,24). The average molecular weight is 341 g/mol. The first-order valence-corrected chi connectivity index (χ1v) is 8.09. The van der Waals surface area contributed by atoms with Crippen molar-refractivity contribution in [2.45, 2.75) is 26.4 Å². The van der Waals surface area contributed by atoms with Crippen molar-refractivity contribution in [2.24, 2.45) is 0 Å². The summed E-state index contributed by atoms with van der Waals surface area (Å²) < 4.78 is 5.01. The van der Waals surface area contributed by atoms with Gasteiger partial charge in [-0.1, -0.05) is 18.2 Å². The molecule has 0 spiro atoms. The van der Waals surface area contributed by atoms with Crippen LogP contribution in [0.1, 0.15) is 29.8 Å². The van der Waals surface area contributed by atoms with E-state index in [0.717, 1.165) is 16.8 Å². The Morgan fingerprint density at radius 1 is 1.16 bits per heavy atom. The van der Waals surface area contributed by atoms with Crippen LogP contribution in [0.3, 0.4) is 0 Å². The van der Waals surface area contributed by atoms with Crippen LogP contribution in [0.15, 0.2) is 42.6 Å². The average Bonchev–Trinajstić information content (AvgIpc) is 2.60. The number of nitrogens with zero attached hydrogens (tertiary/aromatic N) is 1. The second-order valence-electron chi connectivity index (χ2n) is 5.87. The molecule has 0 aliphatic heterocycles. The molecule has 6 nitrogen and oxygen atoms in total. The van der Waals surface area contributed by atoms with Gasteiger partial charge in [-0.25, -0.2) is 0 Å². The second kappa shape index (κ2) is 8.94. The third kappa shape index (κ3) is 5.69. The molecule has 0 saturated carbocycles. The summed E-state index contributed by atoms with van der Waals surface area (Å²) in [7, 11) is 1.60. The van der Waals surface area contributed by atoms with Crippen LogP contribution in [0.2, 0.25) is 0 Å². The number of aromatic nitrogens is 1. The number of ether oxygens (including phenoxy) is 1. The Balaban J connectivity index is 2.01. The van der Waals surface area contributed by atoms with E-state index in [-0.39, 0.29) is 17.9 Å². The van der Waals surface area contributed by atoms with E-state index in [2.05, 4.69) is 15.6 Å². The molecule has 2 N–H and O–H groups in total. The predicted octanol–water partition coefficient (Wildman–Crippen LogP) is 2.15. The molecule has 2 aromatic rings. The van der Waals surface area contributed by atoms with E-state index >= 15 is 0 Å². The van der Waals surface area contributed by atoms with Crippen LogP contribution in [0.5, 0.6) is 0 Å². The summed E-state index contributed by atoms with van der Waals surface area (Å²) >= 11 is 0. The van der Waals surface area contributed by atoms with Crippen LogP contribution in [-0.4, -0.2) is 36.6 Å². The molecule has 0 fully saturated rings. The number of hydrogen-bond acceptors (Lipinski definition) is 4. The minimum atomic E-state index is -0.130. The van der Waals surface area contributed by atoms with Crippen molar-refractivity contribution in [3.8, 4) is 11.3 Å². The normalized spacial score (nSPS) is 11.6. The molecule has 1 aromatic carbocycles. The third-order valence-electron chi connectivity index (χ3n) is 3.60. The fraction of sp³-hybridized carbons (Fsp3) is 0.316. The second-order valence-corrected chi connectivity index (χ2v) is 5.87. The lowest BCUT2D eigenvalue weighted by Gasteiger charge is -2.12. The summed E-state index contributed by atoms with van der Waals surface area (Å²) in [5.41, 5.74) is 3.26. The van der Waals surface area contributed by atoms with E-state index < -0.39 is 0 Å². The molecule has 1 heterocycles. The van der Waals surface area contributed by atoms with Crippen LogP contribution in [0.25, 0.3) is 11.3 Å². The van der Waals surface area contributed by atoms with Gasteiger partial charge in [0.05, 0.1) is 12.3 Å². The molecule has 132 valence electrons. The number of hydrogen-bond donors (Lipinski definition) is 2. The molecule has 25 heavy (non-hydrogen) atoms. The maximum absolute atomic E-state index is 12.1. The summed E-state index contributed by atoms with van der Waals surface area (Å²) in [6.45, 7) is 4.30. The van der Waals surface area contributed by atoms with Gasteiger partial charge >= 0.3 is 0 Å². The minimum Gasteiger partial charge on any atom is -0.383 e. The largest absolute Gasteiger partial charge is 0.383 e. The van der Waals surface area contributed by atoms with Gasteiger partial charge in [0.25, 0.3) is 5.91 Å². The lowest BCUT2D eigenvalue weighted by molar-refractivity contribution is -0.119. The van der Waals surface area contributed by atoms with Gasteiger partial charge in [0, 0.05) is 43.9 Å². The third-order valence-corrected chi connectivity index (χ3v) is 3.60. The Labute approximate surface area is 147 Å². The number of benzene rings is 1. The highest BCUT2D eigenvalue weighted by Crippen LogP contribution is 2.18. The monoisotopic (exact) mass is 341 g/mol. The van der Waals surface area contributed by atoms with Crippen molar-refractivity contribution in [3.63, 3.8) is 0 Å². The first-order chi connectivity index (χ1) is 12.0. The molecule has 0 aliphatic carbocycles. The molecule has 0 aliphatic rings. The summed E-state index contributed by atoms with van der Waals surface area (Å²) in [4.78, 5) is 27.5. The lowest BCUT2D eigenvalue weighted by atomic mass is 10.1. The van der Waals surface area contributed by atoms with Gasteiger partial charge in [-0.3, -0.25) is 14.6 Å². The highest BCUT2D eigenvalue weighted by molar-refractivity contribution is 5.94. The van der Waals surface area contributed by atoms with Gasteiger partial charge in [-0.05, 0) is 30.7 Å². The van der Waals surface area contributed by atoms with Crippen LogP contribution in [-0.2, 0) is 16.1 Å². The van der Waals surface area contributed by atoms with Crippen LogP contribution in [0, 0.1) is 0 Å². The number of amides is 2. The van der Waals surface area contributed by atoms with Gasteiger partial charge < -0.3 is 15.4 Å². The van der Waals surface area contributed by atoms with Gasteiger partial charge in [0.1, 0.15) is 0 Å². The Kier molecular flexibility index (Phi) is 6.65. The van der Waals surface area contributed by atoms with E-state index in [4.69, 9.17) is 4.74 Å².